The Morgan fingerprint density at radius 3 is 2.70 bits per heavy atom. The standard InChI is InChI=1S/C21H23FN6O2/c1-12-5-7-14-19(24-12)27(11-17(29)25-16-8-6-13(22)10-23-16)18-9-15(21(2,3)4)26-28(18)20(14)30/h5-10,20,30H,11H2,1-4H3,(H,23,25,29). The van der Waals surface area contributed by atoms with Crippen molar-refractivity contribution in [3.8, 4) is 0 Å². The summed E-state index contributed by atoms with van der Waals surface area (Å²) in [6, 6.07) is 8.08. The maximum Gasteiger partial charge on any atom is 0.245 e. The van der Waals surface area contributed by atoms with Crippen LogP contribution >= 0.6 is 0 Å². The second-order valence-corrected chi connectivity index (χ2v) is 8.32. The lowest BCUT2D eigenvalue weighted by molar-refractivity contribution is -0.114. The molecule has 8 nitrogen and oxygen atoms in total. The molecule has 1 atom stereocenters. The van der Waals surface area contributed by atoms with Crippen molar-refractivity contribution < 1.29 is 14.3 Å². The van der Waals surface area contributed by atoms with Crippen molar-refractivity contribution in [2.45, 2.75) is 39.3 Å². The summed E-state index contributed by atoms with van der Waals surface area (Å²) in [6.45, 7) is 7.85. The third-order valence-corrected chi connectivity index (χ3v) is 4.87. The molecule has 0 spiro atoms. The monoisotopic (exact) mass is 410 g/mol. The number of aliphatic hydroxyl groups is 1. The van der Waals surface area contributed by atoms with Gasteiger partial charge >= 0.3 is 0 Å². The third-order valence-electron chi connectivity index (χ3n) is 4.87. The van der Waals surface area contributed by atoms with Gasteiger partial charge in [0, 0.05) is 22.7 Å². The first kappa shape index (κ1) is 20.0. The lowest BCUT2D eigenvalue weighted by Crippen LogP contribution is -2.36. The number of pyridine rings is 2. The summed E-state index contributed by atoms with van der Waals surface area (Å²) in [5.74, 6) is 0.479. The van der Waals surface area contributed by atoms with Gasteiger partial charge in [0.1, 0.15) is 29.8 Å². The number of aromatic nitrogens is 4. The molecule has 0 fully saturated rings. The van der Waals surface area contributed by atoms with Crippen LogP contribution in [0.4, 0.5) is 21.8 Å². The van der Waals surface area contributed by atoms with Crippen LogP contribution < -0.4 is 10.2 Å². The van der Waals surface area contributed by atoms with Crippen LogP contribution in [-0.4, -0.2) is 37.3 Å². The molecule has 2 N–H and O–H groups in total. The number of aryl methyl sites for hydroxylation is 1. The summed E-state index contributed by atoms with van der Waals surface area (Å²) >= 11 is 0. The van der Waals surface area contributed by atoms with Crippen LogP contribution in [0.2, 0.25) is 0 Å². The Kier molecular flexibility index (Phi) is 4.77. The van der Waals surface area contributed by atoms with Gasteiger partial charge in [-0.15, -0.1) is 0 Å². The average Bonchev–Trinajstić information content (AvgIpc) is 3.13. The summed E-state index contributed by atoms with van der Waals surface area (Å²) in [6.07, 6.45) is 0.0369. The third kappa shape index (κ3) is 3.63. The fourth-order valence-corrected chi connectivity index (χ4v) is 3.28. The Balaban J connectivity index is 1.72. The number of hydrogen-bond donors (Lipinski definition) is 2. The van der Waals surface area contributed by atoms with Crippen LogP contribution in [-0.2, 0) is 10.2 Å². The van der Waals surface area contributed by atoms with E-state index < -0.39 is 12.0 Å². The van der Waals surface area contributed by atoms with Gasteiger partial charge in [-0.05, 0) is 31.2 Å². The molecule has 0 saturated heterocycles. The molecule has 4 heterocycles. The summed E-state index contributed by atoms with van der Waals surface area (Å²) in [4.78, 5) is 22.9. The van der Waals surface area contributed by atoms with Crippen LogP contribution in [0.1, 0.15) is 44.0 Å². The van der Waals surface area contributed by atoms with Crippen LogP contribution in [0.5, 0.6) is 0 Å². The first-order valence-electron chi connectivity index (χ1n) is 9.58. The minimum atomic E-state index is -1.00. The van der Waals surface area contributed by atoms with Gasteiger partial charge in [-0.2, -0.15) is 5.10 Å². The molecule has 1 aliphatic heterocycles. The minimum Gasteiger partial charge on any atom is -0.368 e. The van der Waals surface area contributed by atoms with Crippen LogP contribution in [0.25, 0.3) is 0 Å². The van der Waals surface area contributed by atoms with Crippen LogP contribution in [0.15, 0.2) is 36.5 Å². The van der Waals surface area contributed by atoms with E-state index in [4.69, 9.17) is 0 Å². The zero-order valence-corrected chi connectivity index (χ0v) is 17.2. The first-order valence-corrected chi connectivity index (χ1v) is 9.58. The predicted octanol–water partition coefficient (Wildman–Crippen LogP) is 3.05. The van der Waals surface area contributed by atoms with E-state index in [1.807, 2.05) is 39.8 Å². The number of carbonyl (C=O) groups excluding carboxylic acids is 1. The molecule has 1 amide bonds. The van der Waals surface area contributed by atoms with E-state index in [1.165, 1.54) is 16.8 Å². The maximum absolute atomic E-state index is 13.1. The van der Waals surface area contributed by atoms with Gasteiger partial charge in [0.05, 0.1) is 11.9 Å². The zero-order valence-electron chi connectivity index (χ0n) is 17.2. The number of nitrogens with one attached hydrogen (secondary N) is 1. The smallest absolute Gasteiger partial charge is 0.245 e. The van der Waals surface area contributed by atoms with E-state index >= 15 is 0 Å². The maximum atomic E-state index is 13.1. The molecule has 3 aromatic heterocycles. The van der Waals surface area contributed by atoms with Gasteiger partial charge in [-0.1, -0.05) is 20.8 Å². The molecule has 9 heteroatoms. The van der Waals surface area contributed by atoms with Gasteiger partial charge in [0.2, 0.25) is 5.91 Å². The summed E-state index contributed by atoms with van der Waals surface area (Å²) in [5, 5.41) is 18.1. The van der Waals surface area contributed by atoms with E-state index in [9.17, 15) is 14.3 Å². The van der Waals surface area contributed by atoms with Crippen LogP contribution in [0, 0.1) is 12.7 Å². The van der Waals surface area contributed by atoms with E-state index in [1.54, 1.807) is 11.0 Å². The van der Waals surface area contributed by atoms with Gasteiger partial charge in [-0.25, -0.2) is 19.0 Å². The molecule has 0 aromatic carbocycles. The fraction of sp³-hybridized carbons (Fsp3) is 0.333. The fourth-order valence-electron chi connectivity index (χ4n) is 3.28. The molecule has 4 rings (SSSR count). The Hall–Kier alpha value is -3.33. The van der Waals surface area contributed by atoms with Gasteiger partial charge in [0.25, 0.3) is 0 Å². The molecular weight excluding hydrogens is 387 g/mol. The van der Waals surface area contributed by atoms with Gasteiger partial charge in [-0.3, -0.25) is 4.79 Å². The molecule has 0 radical (unpaired) electrons. The number of fused-ring (bicyclic) bond motifs is 2. The highest BCUT2D eigenvalue weighted by atomic mass is 19.1. The normalized spacial score (nSPS) is 15.5. The predicted molar refractivity (Wildman–Crippen MR) is 110 cm³/mol. The Morgan fingerprint density at radius 2 is 2.03 bits per heavy atom. The zero-order chi connectivity index (χ0) is 21.6. The molecule has 30 heavy (non-hydrogen) atoms. The number of aliphatic hydroxyl groups excluding tert-OH is 1. The van der Waals surface area contributed by atoms with E-state index in [2.05, 4.69) is 20.4 Å². The highest BCUT2D eigenvalue weighted by Crippen LogP contribution is 2.40. The van der Waals surface area contributed by atoms with E-state index in [0.29, 0.717) is 17.2 Å². The molecule has 1 unspecified atom stereocenters. The largest absolute Gasteiger partial charge is 0.368 e. The number of rotatable bonds is 3. The highest BCUT2D eigenvalue weighted by molar-refractivity contribution is 5.94. The van der Waals surface area contributed by atoms with Crippen molar-refractivity contribution in [2.24, 2.45) is 0 Å². The lowest BCUT2D eigenvalue weighted by Gasteiger charge is -2.32. The van der Waals surface area contributed by atoms with Gasteiger partial charge < -0.3 is 15.3 Å². The quantitative estimate of drug-likeness (QED) is 0.689. The molecule has 3 aromatic rings. The summed E-state index contributed by atoms with van der Waals surface area (Å²) in [7, 11) is 0. The molecule has 1 aliphatic rings. The van der Waals surface area contributed by atoms with Crippen molar-refractivity contribution in [2.75, 3.05) is 16.8 Å². The first-order chi connectivity index (χ1) is 14.1. The molecule has 156 valence electrons. The number of amides is 1. The van der Waals surface area contributed by atoms with Crippen LogP contribution in [0.3, 0.4) is 0 Å². The van der Waals surface area contributed by atoms with Gasteiger partial charge in [0.15, 0.2) is 6.23 Å². The summed E-state index contributed by atoms with van der Waals surface area (Å²) < 4.78 is 14.6. The van der Waals surface area contributed by atoms with Crippen molar-refractivity contribution in [1.29, 1.82) is 0 Å². The highest BCUT2D eigenvalue weighted by Gasteiger charge is 2.34. The summed E-state index contributed by atoms with van der Waals surface area (Å²) in [5.41, 5.74) is 1.86. The van der Waals surface area contributed by atoms with Crippen molar-refractivity contribution in [3.05, 3.63) is 59.3 Å². The number of anilines is 3. The second kappa shape index (κ2) is 7.17. The van der Waals surface area contributed by atoms with Crippen molar-refractivity contribution in [1.82, 2.24) is 19.7 Å². The molecule has 0 bridgehead atoms. The van der Waals surface area contributed by atoms with E-state index in [0.717, 1.165) is 17.6 Å². The van der Waals surface area contributed by atoms with Crippen molar-refractivity contribution in [3.63, 3.8) is 0 Å². The molecular formula is C21H23FN6O2. The second-order valence-electron chi connectivity index (χ2n) is 8.32. The Bertz CT molecular complexity index is 1100. The Morgan fingerprint density at radius 1 is 1.27 bits per heavy atom. The topological polar surface area (TPSA) is 96.2 Å². The SMILES string of the molecule is Cc1ccc2c(n1)N(CC(=O)Nc1ccc(F)cn1)c1cc(C(C)(C)C)nn1C2O. The number of halogens is 1. The van der Waals surface area contributed by atoms with Crippen molar-refractivity contribution >= 4 is 23.4 Å². The lowest BCUT2D eigenvalue weighted by atomic mass is 9.92. The minimum absolute atomic E-state index is 0.0789. The number of hydrogen-bond acceptors (Lipinski definition) is 6. The average molecular weight is 410 g/mol. The number of nitrogens with zero attached hydrogens (tertiary/aromatic N) is 5. The molecule has 0 saturated carbocycles. The number of carbonyl (C=O) groups is 1. The Labute approximate surface area is 173 Å². The molecule has 0 aliphatic carbocycles. The van der Waals surface area contributed by atoms with E-state index in [-0.39, 0.29) is 23.7 Å².